The quantitative estimate of drug-likeness (QED) is 0.651. The summed E-state index contributed by atoms with van der Waals surface area (Å²) in [7, 11) is 1.64. The van der Waals surface area contributed by atoms with Gasteiger partial charge in [-0.15, -0.1) is 0 Å². The largest absolute Gasteiger partial charge is 0.462 e. The van der Waals surface area contributed by atoms with Crippen LogP contribution in [0.2, 0.25) is 0 Å². The fourth-order valence-electron chi connectivity index (χ4n) is 3.32. The van der Waals surface area contributed by atoms with E-state index in [0.717, 1.165) is 6.07 Å². The summed E-state index contributed by atoms with van der Waals surface area (Å²) in [6.45, 7) is 8.06. The maximum atomic E-state index is 13.6. The molecule has 1 aliphatic heterocycles. The van der Waals surface area contributed by atoms with Gasteiger partial charge in [-0.1, -0.05) is 6.07 Å². The molecule has 168 valence electrons. The van der Waals surface area contributed by atoms with E-state index < -0.39 is 29.4 Å². The van der Waals surface area contributed by atoms with E-state index >= 15 is 0 Å². The highest BCUT2D eigenvalue weighted by Gasteiger charge is 2.36. The third-order valence-electron chi connectivity index (χ3n) is 4.80. The molecule has 1 fully saturated rings. The Labute approximate surface area is 174 Å². The molecule has 1 aromatic carbocycles. The highest BCUT2D eigenvalue weighted by atomic mass is 19.4. The van der Waals surface area contributed by atoms with Gasteiger partial charge in [-0.2, -0.15) is 13.2 Å². The Morgan fingerprint density at radius 2 is 1.90 bits per heavy atom. The minimum Gasteiger partial charge on any atom is -0.462 e. The zero-order valence-electron chi connectivity index (χ0n) is 18.0. The number of rotatable bonds is 5. The van der Waals surface area contributed by atoms with E-state index in [2.05, 4.69) is 0 Å². The summed E-state index contributed by atoms with van der Waals surface area (Å²) < 4.78 is 50.9. The van der Waals surface area contributed by atoms with Crippen LogP contribution in [0, 0.1) is 0 Å². The molecule has 0 saturated carbocycles. The average Bonchev–Trinajstić information content (AvgIpc) is 3.07. The molecule has 9 heteroatoms. The Hall–Kier alpha value is -2.29. The van der Waals surface area contributed by atoms with E-state index in [1.165, 1.54) is 17.0 Å². The van der Waals surface area contributed by atoms with Crippen molar-refractivity contribution < 1.29 is 32.2 Å². The molecule has 0 N–H and O–H groups in total. The first-order chi connectivity index (χ1) is 13.8. The van der Waals surface area contributed by atoms with Gasteiger partial charge in [0.1, 0.15) is 5.60 Å². The number of hydrogen-bond donors (Lipinski definition) is 0. The first kappa shape index (κ1) is 24.0. The van der Waals surface area contributed by atoms with Gasteiger partial charge in [0.25, 0.3) is 0 Å². The van der Waals surface area contributed by atoms with Crippen LogP contribution in [0.4, 0.5) is 18.0 Å². The van der Waals surface area contributed by atoms with E-state index in [0.29, 0.717) is 19.5 Å². The minimum absolute atomic E-state index is 0.0661. The second kappa shape index (κ2) is 9.24. The average molecular weight is 430 g/mol. The van der Waals surface area contributed by atoms with Crippen molar-refractivity contribution in [3.63, 3.8) is 0 Å². The lowest BCUT2D eigenvalue weighted by Gasteiger charge is -2.28. The number of ether oxygens (including phenoxy) is 2. The van der Waals surface area contributed by atoms with Gasteiger partial charge in [-0.25, -0.2) is 9.59 Å². The number of halogens is 3. The predicted molar refractivity (Wildman–Crippen MR) is 105 cm³/mol. The molecule has 30 heavy (non-hydrogen) atoms. The van der Waals surface area contributed by atoms with E-state index in [4.69, 9.17) is 9.47 Å². The second-order valence-electron chi connectivity index (χ2n) is 8.36. The molecule has 1 atom stereocenters. The van der Waals surface area contributed by atoms with Crippen LogP contribution in [0.25, 0.3) is 0 Å². The number of esters is 1. The molecule has 6 nitrogen and oxygen atoms in total. The molecule has 0 bridgehead atoms. The number of carbonyl (C=O) groups is 2. The number of hydrogen-bond acceptors (Lipinski definition) is 5. The summed E-state index contributed by atoms with van der Waals surface area (Å²) in [6.07, 6.45) is -4.41. The van der Waals surface area contributed by atoms with Crippen LogP contribution >= 0.6 is 0 Å². The maximum Gasteiger partial charge on any atom is 0.416 e. The molecule has 2 rings (SSSR count). The lowest BCUT2D eigenvalue weighted by atomic mass is 10.0. The van der Waals surface area contributed by atoms with Gasteiger partial charge in [0, 0.05) is 32.7 Å². The Bertz CT molecular complexity index is 774. The van der Waals surface area contributed by atoms with Crippen molar-refractivity contribution in [1.29, 1.82) is 0 Å². The normalized spacial score (nSPS) is 17.7. The number of carbonyl (C=O) groups excluding carboxylic acids is 2. The highest BCUT2D eigenvalue weighted by molar-refractivity contribution is 5.89. The summed E-state index contributed by atoms with van der Waals surface area (Å²) in [5, 5.41) is 0. The number of nitrogens with zero attached hydrogens (tertiary/aromatic N) is 2. The minimum atomic E-state index is -4.59. The molecule has 1 aromatic rings. The standard InChI is InChI=1S/C21H29F3N2O4/c1-6-29-18(27)14-7-8-15(17(11-14)21(22,23)24)12-26-10-9-16(13-26)25(5)19(28)30-20(2,3)4/h7-8,11,16H,6,9-10,12-13H2,1-5H3. The Balaban J connectivity index is 2.11. The molecule has 0 aliphatic carbocycles. The van der Waals surface area contributed by atoms with E-state index in [9.17, 15) is 22.8 Å². The zero-order chi connectivity index (χ0) is 22.7. The van der Waals surface area contributed by atoms with E-state index in [1.807, 2.05) is 4.90 Å². The van der Waals surface area contributed by atoms with Crippen LogP contribution in [-0.4, -0.2) is 60.2 Å². The van der Waals surface area contributed by atoms with Gasteiger partial charge in [0.2, 0.25) is 0 Å². The SMILES string of the molecule is CCOC(=O)c1ccc(CN2CCC(N(C)C(=O)OC(C)(C)C)C2)c(C(F)(F)F)c1. The molecule has 0 aromatic heterocycles. The van der Waals surface area contributed by atoms with Crippen molar-refractivity contribution >= 4 is 12.1 Å². The van der Waals surface area contributed by atoms with Crippen LogP contribution in [0.1, 0.15) is 55.6 Å². The second-order valence-corrected chi connectivity index (χ2v) is 8.36. The number of alkyl halides is 3. The monoisotopic (exact) mass is 430 g/mol. The molecule has 0 radical (unpaired) electrons. The van der Waals surface area contributed by atoms with Crippen LogP contribution in [0.15, 0.2) is 18.2 Å². The molecule has 0 spiro atoms. The Kier molecular flexibility index (Phi) is 7.39. The van der Waals surface area contributed by atoms with Crippen LogP contribution < -0.4 is 0 Å². The Morgan fingerprint density at radius 3 is 2.47 bits per heavy atom. The van der Waals surface area contributed by atoms with Crippen LogP contribution in [0.3, 0.4) is 0 Å². The van der Waals surface area contributed by atoms with Crippen molar-refractivity contribution in [3.8, 4) is 0 Å². The van der Waals surface area contributed by atoms with Gasteiger partial charge in [0.05, 0.1) is 17.7 Å². The summed E-state index contributed by atoms with van der Waals surface area (Å²) >= 11 is 0. The van der Waals surface area contributed by atoms with Crippen molar-refractivity contribution in [2.24, 2.45) is 0 Å². The van der Waals surface area contributed by atoms with Crippen LogP contribution in [0.5, 0.6) is 0 Å². The fourth-order valence-corrected chi connectivity index (χ4v) is 3.32. The molecular weight excluding hydrogens is 401 g/mol. The Morgan fingerprint density at radius 1 is 1.23 bits per heavy atom. The highest BCUT2D eigenvalue weighted by Crippen LogP contribution is 2.34. The topological polar surface area (TPSA) is 59.1 Å². The van der Waals surface area contributed by atoms with E-state index in [1.54, 1.807) is 34.7 Å². The third kappa shape index (κ3) is 6.35. The van der Waals surface area contributed by atoms with Crippen molar-refractivity contribution in [2.45, 2.75) is 58.5 Å². The van der Waals surface area contributed by atoms with Crippen LogP contribution in [-0.2, 0) is 22.2 Å². The molecule has 1 amide bonds. The van der Waals surface area contributed by atoms with E-state index in [-0.39, 0.29) is 30.3 Å². The molecule has 1 saturated heterocycles. The lowest BCUT2D eigenvalue weighted by Crippen LogP contribution is -2.42. The van der Waals surface area contributed by atoms with Gasteiger partial charge >= 0.3 is 18.2 Å². The summed E-state index contributed by atoms with van der Waals surface area (Å²) in [6, 6.07) is 3.37. The first-order valence-corrected chi connectivity index (χ1v) is 9.87. The summed E-state index contributed by atoms with van der Waals surface area (Å²) in [5.74, 6) is -0.783. The number of likely N-dealkylation sites (N-methyl/N-ethyl adjacent to an activating group) is 1. The van der Waals surface area contributed by atoms with Gasteiger partial charge in [0.15, 0.2) is 0 Å². The van der Waals surface area contributed by atoms with Gasteiger partial charge < -0.3 is 14.4 Å². The number of likely N-dealkylation sites (tertiary alicyclic amines) is 1. The first-order valence-electron chi connectivity index (χ1n) is 9.87. The fraction of sp³-hybridized carbons (Fsp3) is 0.619. The van der Waals surface area contributed by atoms with Crippen molar-refractivity contribution in [1.82, 2.24) is 9.80 Å². The molecule has 1 unspecified atom stereocenters. The molecule has 1 aliphatic rings. The summed E-state index contributed by atoms with van der Waals surface area (Å²) in [5.41, 5.74) is -1.52. The number of benzene rings is 1. The van der Waals surface area contributed by atoms with Gasteiger partial charge in [-0.05, 0) is 51.8 Å². The van der Waals surface area contributed by atoms with Gasteiger partial charge in [-0.3, -0.25) is 4.90 Å². The maximum absolute atomic E-state index is 13.6. The number of amides is 1. The lowest BCUT2D eigenvalue weighted by molar-refractivity contribution is -0.138. The third-order valence-corrected chi connectivity index (χ3v) is 4.80. The molecular formula is C21H29F3N2O4. The predicted octanol–water partition coefficient (Wildman–Crippen LogP) is 4.32. The smallest absolute Gasteiger partial charge is 0.416 e. The zero-order valence-corrected chi connectivity index (χ0v) is 18.0. The molecule has 1 heterocycles. The summed E-state index contributed by atoms with van der Waals surface area (Å²) in [4.78, 5) is 27.4. The van der Waals surface area contributed by atoms with Crippen molar-refractivity contribution in [3.05, 3.63) is 34.9 Å². The van der Waals surface area contributed by atoms with Crippen molar-refractivity contribution in [2.75, 3.05) is 26.7 Å².